The van der Waals surface area contributed by atoms with E-state index >= 15 is 0 Å². The SMILES string of the molecule is O=S1(=O)N=C(Nc2ccccc2Cl)C=C(Cc2ccccc2)N1. The highest BCUT2D eigenvalue weighted by molar-refractivity contribution is 7.88. The van der Waals surface area contributed by atoms with Gasteiger partial charge in [-0.25, -0.2) is 0 Å². The van der Waals surface area contributed by atoms with Gasteiger partial charge in [-0.05, 0) is 17.7 Å². The van der Waals surface area contributed by atoms with Crippen LogP contribution in [0.25, 0.3) is 0 Å². The zero-order valence-corrected chi connectivity index (χ0v) is 13.6. The van der Waals surface area contributed by atoms with Gasteiger partial charge in [0.05, 0.1) is 10.7 Å². The zero-order valence-electron chi connectivity index (χ0n) is 12.0. The van der Waals surface area contributed by atoms with Crippen molar-refractivity contribution in [1.82, 2.24) is 4.72 Å². The van der Waals surface area contributed by atoms with Crippen LogP contribution in [-0.2, 0) is 16.6 Å². The smallest absolute Gasteiger partial charge is 0.338 e. The number of halogens is 1. The van der Waals surface area contributed by atoms with E-state index in [0.29, 0.717) is 22.8 Å². The van der Waals surface area contributed by atoms with E-state index in [-0.39, 0.29) is 5.84 Å². The Morgan fingerprint density at radius 2 is 1.74 bits per heavy atom. The summed E-state index contributed by atoms with van der Waals surface area (Å²) in [6.45, 7) is 0. The third-order valence-electron chi connectivity index (χ3n) is 3.16. The molecule has 5 nitrogen and oxygen atoms in total. The Morgan fingerprint density at radius 1 is 1.04 bits per heavy atom. The van der Waals surface area contributed by atoms with E-state index in [1.54, 1.807) is 30.3 Å². The Morgan fingerprint density at radius 3 is 2.48 bits per heavy atom. The number of hydrogen-bond donors (Lipinski definition) is 2. The van der Waals surface area contributed by atoms with Crippen molar-refractivity contribution < 1.29 is 8.42 Å². The third kappa shape index (κ3) is 4.12. The molecule has 0 radical (unpaired) electrons. The molecule has 0 saturated heterocycles. The van der Waals surface area contributed by atoms with Crippen LogP contribution in [0.4, 0.5) is 5.69 Å². The largest absolute Gasteiger partial charge is 0.343 e. The van der Waals surface area contributed by atoms with Gasteiger partial charge >= 0.3 is 10.2 Å². The van der Waals surface area contributed by atoms with Crippen LogP contribution in [0, 0.1) is 0 Å². The minimum absolute atomic E-state index is 0.225. The van der Waals surface area contributed by atoms with E-state index in [4.69, 9.17) is 11.6 Å². The van der Waals surface area contributed by atoms with Gasteiger partial charge in [0, 0.05) is 18.2 Å². The maximum absolute atomic E-state index is 11.9. The number of nitrogens with zero attached hydrogens (tertiary/aromatic N) is 1. The van der Waals surface area contributed by atoms with E-state index in [1.165, 1.54) is 0 Å². The molecule has 1 aliphatic heterocycles. The lowest BCUT2D eigenvalue weighted by Gasteiger charge is -2.17. The number of amidine groups is 1. The summed E-state index contributed by atoms with van der Waals surface area (Å²) in [6.07, 6.45) is 2.13. The number of hydrogen-bond acceptors (Lipinski definition) is 3. The van der Waals surface area contributed by atoms with Crippen molar-refractivity contribution in [3.05, 3.63) is 77.0 Å². The highest BCUT2D eigenvalue weighted by atomic mass is 35.5. The van der Waals surface area contributed by atoms with Crippen molar-refractivity contribution in [2.45, 2.75) is 6.42 Å². The van der Waals surface area contributed by atoms with E-state index < -0.39 is 10.2 Å². The maximum atomic E-state index is 11.9. The molecule has 0 bridgehead atoms. The second-order valence-corrected chi connectivity index (χ2v) is 6.73. The summed E-state index contributed by atoms with van der Waals surface area (Å²) in [6, 6.07) is 16.7. The van der Waals surface area contributed by atoms with E-state index in [0.717, 1.165) is 5.56 Å². The average Bonchev–Trinajstić information content (AvgIpc) is 2.49. The highest BCUT2D eigenvalue weighted by Gasteiger charge is 2.18. The molecule has 0 fully saturated rings. The summed E-state index contributed by atoms with van der Waals surface area (Å²) < 4.78 is 30.0. The molecular weight excluding hydrogens is 334 g/mol. The molecular formula is C16H14ClN3O2S. The normalized spacial score (nSPS) is 16.0. The van der Waals surface area contributed by atoms with E-state index in [9.17, 15) is 8.42 Å². The van der Waals surface area contributed by atoms with Gasteiger partial charge in [-0.1, -0.05) is 54.1 Å². The van der Waals surface area contributed by atoms with Crippen LogP contribution in [0.3, 0.4) is 0 Å². The lowest BCUT2D eigenvalue weighted by molar-refractivity contribution is 0.589. The molecule has 2 aromatic rings. The minimum atomic E-state index is -3.77. The summed E-state index contributed by atoms with van der Waals surface area (Å²) in [5, 5.41) is 3.43. The number of rotatable bonds is 3. The van der Waals surface area contributed by atoms with Gasteiger partial charge in [-0.2, -0.15) is 8.42 Å². The second kappa shape index (κ2) is 6.44. The molecule has 0 atom stereocenters. The first-order valence-electron chi connectivity index (χ1n) is 6.91. The van der Waals surface area contributed by atoms with Crippen LogP contribution >= 0.6 is 11.6 Å². The minimum Gasteiger partial charge on any atom is -0.338 e. The molecule has 1 heterocycles. The van der Waals surface area contributed by atoms with Crippen molar-refractivity contribution in [1.29, 1.82) is 0 Å². The molecule has 2 aromatic carbocycles. The summed E-state index contributed by atoms with van der Waals surface area (Å²) >= 11 is 6.08. The fourth-order valence-electron chi connectivity index (χ4n) is 2.20. The van der Waals surface area contributed by atoms with Gasteiger partial charge in [-0.3, -0.25) is 4.72 Å². The first-order valence-corrected chi connectivity index (χ1v) is 8.72. The van der Waals surface area contributed by atoms with Crippen molar-refractivity contribution in [3.63, 3.8) is 0 Å². The Labute approximate surface area is 139 Å². The molecule has 0 aliphatic carbocycles. The predicted molar refractivity (Wildman–Crippen MR) is 92.8 cm³/mol. The lowest BCUT2D eigenvalue weighted by atomic mass is 10.1. The van der Waals surface area contributed by atoms with Gasteiger partial charge in [0.2, 0.25) is 0 Å². The Balaban J connectivity index is 1.86. The first kappa shape index (κ1) is 15.6. The molecule has 0 aromatic heterocycles. The number of allylic oxidation sites excluding steroid dienone is 1. The molecule has 7 heteroatoms. The van der Waals surface area contributed by atoms with Crippen molar-refractivity contribution >= 4 is 33.3 Å². The fraction of sp³-hybridized carbons (Fsp3) is 0.0625. The maximum Gasteiger partial charge on any atom is 0.343 e. The average molecular weight is 348 g/mol. The summed E-state index contributed by atoms with van der Waals surface area (Å²) in [5.41, 5.74) is 2.14. The number of benzene rings is 2. The monoisotopic (exact) mass is 347 g/mol. The summed E-state index contributed by atoms with van der Waals surface area (Å²) in [5.74, 6) is 0.225. The van der Waals surface area contributed by atoms with Crippen molar-refractivity contribution in [3.8, 4) is 0 Å². The number of nitrogens with one attached hydrogen (secondary N) is 2. The molecule has 0 unspecified atom stereocenters. The van der Waals surface area contributed by atoms with Crippen LogP contribution in [0.5, 0.6) is 0 Å². The van der Waals surface area contributed by atoms with Crippen LogP contribution in [0.2, 0.25) is 5.02 Å². The number of para-hydroxylation sites is 1. The van der Waals surface area contributed by atoms with Gasteiger partial charge in [0.1, 0.15) is 5.84 Å². The fourth-order valence-corrected chi connectivity index (χ4v) is 3.25. The molecule has 3 rings (SSSR count). The highest BCUT2D eigenvalue weighted by Crippen LogP contribution is 2.21. The van der Waals surface area contributed by atoms with Gasteiger partial charge in [-0.15, -0.1) is 4.40 Å². The molecule has 23 heavy (non-hydrogen) atoms. The number of anilines is 1. The van der Waals surface area contributed by atoms with Gasteiger partial charge < -0.3 is 5.32 Å². The van der Waals surface area contributed by atoms with Gasteiger partial charge in [0.25, 0.3) is 0 Å². The summed E-state index contributed by atoms with van der Waals surface area (Å²) in [7, 11) is -3.77. The van der Waals surface area contributed by atoms with E-state index in [2.05, 4.69) is 14.4 Å². The predicted octanol–water partition coefficient (Wildman–Crippen LogP) is 3.13. The first-order chi connectivity index (χ1) is 11.0. The molecule has 0 saturated carbocycles. The molecule has 0 amide bonds. The Hall–Kier alpha value is -2.31. The second-order valence-electron chi connectivity index (χ2n) is 4.99. The van der Waals surface area contributed by atoms with Crippen molar-refractivity contribution in [2.24, 2.45) is 4.40 Å². The zero-order chi connectivity index (χ0) is 16.3. The third-order valence-corrected chi connectivity index (χ3v) is 4.45. The molecule has 118 valence electrons. The lowest BCUT2D eigenvalue weighted by Crippen LogP contribution is -2.30. The quantitative estimate of drug-likeness (QED) is 0.896. The Bertz CT molecular complexity index is 877. The topological polar surface area (TPSA) is 70.6 Å². The molecule has 1 aliphatic rings. The summed E-state index contributed by atoms with van der Waals surface area (Å²) in [4.78, 5) is 0. The molecule has 2 N–H and O–H groups in total. The molecule has 0 spiro atoms. The van der Waals surface area contributed by atoms with E-state index in [1.807, 2.05) is 30.3 Å². The van der Waals surface area contributed by atoms with Crippen LogP contribution < -0.4 is 10.0 Å². The van der Waals surface area contributed by atoms with Crippen molar-refractivity contribution in [2.75, 3.05) is 5.32 Å². The van der Waals surface area contributed by atoms with Crippen LogP contribution in [0.1, 0.15) is 5.56 Å². The Kier molecular flexibility index (Phi) is 4.36. The standard InChI is InChI=1S/C16H14ClN3O2S/c17-14-8-4-5-9-15(14)18-16-11-13(19-23(21,22)20-16)10-12-6-2-1-3-7-12/h1-9,11,19H,10H2,(H,18,20). The van der Waals surface area contributed by atoms with Crippen LogP contribution in [0.15, 0.2) is 70.8 Å². The van der Waals surface area contributed by atoms with Gasteiger partial charge in [0.15, 0.2) is 0 Å². The van der Waals surface area contributed by atoms with Crippen LogP contribution in [-0.4, -0.2) is 14.3 Å².